The van der Waals surface area contributed by atoms with E-state index in [1.165, 1.54) is 10.2 Å². The molecule has 0 radical (unpaired) electrons. The normalized spacial score (nSPS) is 26.3. The van der Waals surface area contributed by atoms with Crippen molar-refractivity contribution in [3.63, 3.8) is 0 Å². The van der Waals surface area contributed by atoms with E-state index in [2.05, 4.69) is 72.8 Å². The Bertz CT molecular complexity index is 1780. The first kappa shape index (κ1) is 32.5. The molecule has 0 aliphatic carbocycles. The maximum Gasteiger partial charge on any atom is 0.282 e. The zero-order valence-electron chi connectivity index (χ0n) is 27.5. The second kappa shape index (κ2) is 13.1. The highest BCUT2D eigenvalue weighted by molar-refractivity contribution is 9.10. The minimum atomic E-state index is -0.277. The molecular formula is C36H42BrN7O4. The Morgan fingerprint density at radius 3 is 2.44 bits per heavy atom. The van der Waals surface area contributed by atoms with Crippen LogP contribution in [0.25, 0.3) is 0 Å². The molecule has 0 saturated carbocycles. The Morgan fingerprint density at radius 2 is 1.69 bits per heavy atom. The van der Waals surface area contributed by atoms with Crippen molar-refractivity contribution < 1.29 is 14.4 Å². The van der Waals surface area contributed by atoms with E-state index in [0.717, 1.165) is 75.3 Å². The number of piperidine rings is 2. The lowest BCUT2D eigenvalue weighted by Gasteiger charge is -2.37. The van der Waals surface area contributed by atoms with Gasteiger partial charge in [-0.15, -0.1) is 0 Å². The van der Waals surface area contributed by atoms with E-state index in [1.807, 2.05) is 29.2 Å². The molecule has 48 heavy (non-hydrogen) atoms. The number of amides is 3. The Balaban J connectivity index is 0.950. The van der Waals surface area contributed by atoms with Crippen LogP contribution in [-0.4, -0.2) is 89.7 Å². The summed E-state index contributed by atoms with van der Waals surface area (Å²) >= 11 is 3.43. The summed E-state index contributed by atoms with van der Waals surface area (Å²) < 4.78 is 1.80. The molecule has 7 rings (SSSR count). The number of imide groups is 1. The fourth-order valence-corrected chi connectivity index (χ4v) is 8.58. The van der Waals surface area contributed by atoms with Gasteiger partial charge in [0.2, 0.25) is 11.8 Å². The predicted molar refractivity (Wildman–Crippen MR) is 187 cm³/mol. The molecule has 1 aromatic heterocycles. The van der Waals surface area contributed by atoms with Gasteiger partial charge in [0.25, 0.3) is 11.5 Å². The van der Waals surface area contributed by atoms with Crippen molar-refractivity contribution in [2.75, 3.05) is 56.5 Å². The Hall–Kier alpha value is -4.03. The summed E-state index contributed by atoms with van der Waals surface area (Å²) in [7, 11) is 3.75. The molecule has 4 aliphatic heterocycles. The van der Waals surface area contributed by atoms with Crippen LogP contribution >= 0.6 is 15.9 Å². The monoisotopic (exact) mass is 715 g/mol. The molecule has 12 heteroatoms. The van der Waals surface area contributed by atoms with Gasteiger partial charge >= 0.3 is 0 Å². The Labute approximate surface area is 288 Å². The maximum absolute atomic E-state index is 13.7. The molecule has 0 bridgehead atoms. The smallest absolute Gasteiger partial charge is 0.282 e. The zero-order chi connectivity index (χ0) is 33.6. The fourth-order valence-electron chi connectivity index (χ4n) is 8.10. The number of hydrogen-bond donors (Lipinski definition) is 2. The first-order valence-electron chi connectivity index (χ1n) is 16.8. The number of carbonyl (C=O) groups is 3. The number of likely N-dealkylation sites (N-methyl/N-ethyl adjacent to an activating group) is 1. The van der Waals surface area contributed by atoms with Gasteiger partial charge in [0, 0.05) is 75.4 Å². The second-order valence-electron chi connectivity index (χ2n) is 14.2. The average molecular weight is 717 g/mol. The number of nitrogens with one attached hydrogen (secondary N) is 2. The number of carbonyl (C=O) groups excluding carboxylic acids is 3. The van der Waals surface area contributed by atoms with Crippen LogP contribution in [0.5, 0.6) is 0 Å². The van der Waals surface area contributed by atoms with E-state index < -0.39 is 0 Å². The first-order valence-corrected chi connectivity index (χ1v) is 17.6. The number of hydrogen-bond acceptors (Lipinski definition) is 8. The summed E-state index contributed by atoms with van der Waals surface area (Å²) in [4.78, 5) is 56.5. The number of benzene rings is 2. The van der Waals surface area contributed by atoms with Crippen LogP contribution in [-0.2, 0) is 16.6 Å². The summed E-state index contributed by atoms with van der Waals surface area (Å²) in [6.07, 6.45) is 5.55. The molecule has 2 unspecified atom stereocenters. The minimum absolute atomic E-state index is 0.0834. The summed E-state index contributed by atoms with van der Waals surface area (Å²) in [6, 6.07) is 16.5. The molecule has 3 aromatic rings. The molecule has 2 N–H and O–H groups in total. The summed E-state index contributed by atoms with van der Waals surface area (Å²) in [5.41, 5.74) is 4.62. The van der Waals surface area contributed by atoms with Crippen molar-refractivity contribution in [1.29, 1.82) is 0 Å². The predicted octanol–water partition coefficient (Wildman–Crippen LogP) is 3.71. The molecule has 2 aromatic carbocycles. The molecule has 1 spiro atoms. The zero-order valence-corrected chi connectivity index (χ0v) is 29.0. The lowest BCUT2D eigenvalue weighted by molar-refractivity contribution is -0.134. The molecule has 4 saturated heterocycles. The quantitative estimate of drug-likeness (QED) is 0.371. The van der Waals surface area contributed by atoms with Crippen molar-refractivity contribution >= 4 is 45.0 Å². The highest BCUT2D eigenvalue weighted by Gasteiger charge is 2.45. The van der Waals surface area contributed by atoms with Crippen LogP contribution in [0.4, 0.5) is 11.4 Å². The molecule has 5 heterocycles. The van der Waals surface area contributed by atoms with Gasteiger partial charge in [-0.05, 0) is 90.0 Å². The summed E-state index contributed by atoms with van der Waals surface area (Å²) in [5, 5.41) is 10.1. The largest absolute Gasteiger partial charge is 0.379 e. The summed E-state index contributed by atoms with van der Waals surface area (Å²) in [5.74, 6) is -0.299. The average Bonchev–Trinajstić information content (AvgIpc) is 3.71. The first-order chi connectivity index (χ1) is 23.1. The molecule has 4 fully saturated rings. The Morgan fingerprint density at radius 1 is 0.958 bits per heavy atom. The van der Waals surface area contributed by atoms with Gasteiger partial charge in [-0.1, -0.05) is 24.3 Å². The van der Waals surface area contributed by atoms with Crippen LogP contribution in [0.1, 0.15) is 65.4 Å². The molecule has 252 valence electrons. The number of likely N-dealkylation sites (tertiary alicyclic amines) is 2. The molecule has 11 nitrogen and oxygen atoms in total. The van der Waals surface area contributed by atoms with E-state index in [9.17, 15) is 19.2 Å². The number of anilines is 2. The van der Waals surface area contributed by atoms with Crippen molar-refractivity contribution in [2.45, 2.75) is 50.0 Å². The van der Waals surface area contributed by atoms with Crippen molar-refractivity contribution in [3.05, 3.63) is 86.2 Å². The van der Waals surface area contributed by atoms with Gasteiger partial charge in [-0.3, -0.25) is 24.5 Å². The number of aromatic nitrogens is 2. The van der Waals surface area contributed by atoms with Gasteiger partial charge in [0.15, 0.2) is 0 Å². The van der Waals surface area contributed by atoms with E-state index in [4.69, 9.17) is 0 Å². The van der Waals surface area contributed by atoms with Crippen LogP contribution in [0.15, 0.2) is 64.0 Å². The fraction of sp³-hybridized carbons (Fsp3) is 0.472. The van der Waals surface area contributed by atoms with Crippen LogP contribution in [0.2, 0.25) is 0 Å². The number of rotatable bonds is 6. The van der Waals surface area contributed by atoms with Crippen molar-refractivity contribution in [3.8, 4) is 0 Å². The highest BCUT2D eigenvalue weighted by Crippen LogP contribution is 2.42. The minimum Gasteiger partial charge on any atom is -0.379 e. The van der Waals surface area contributed by atoms with E-state index >= 15 is 0 Å². The molecule has 3 amide bonds. The SMILES string of the molecule is CN1C[C@@H](Nc2cnn(C)c(=O)c2Br)C[C@@H](c2ccc(C(=O)N3CCC4(CCN(c5ccc(C6CCC(=O)NC6=O)cc5)C4)C3)cc2)C1. The van der Waals surface area contributed by atoms with Crippen molar-refractivity contribution in [1.82, 2.24) is 24.9 Å². The topological polar surface area (TPSA) is 120 Å². The third kappa shape index (κ3) is 6.52. The second-order valence-corrected chi connectivity index (χ2v) is 15.0. The van der Waals surface area contributed by atoms with E-state index in [0.29, 0.717) is 28.9 Å². The van der Waals surface area contributed by atoms with Gasteiger partial charge in [0.05, 0.1) is 17.8 Å². The molecule has 4 aliphatic rings. The molecular weight excluding hydrogens is 674 g/mol. The summed E-state index contributed by atoms with van der Waals surface area (Å²) in [6.45, 7) is 5.14. The van der Waals surface area contributed by atoms with E-state index in [1.54, 1.807) is 13.2 Å². The van der Waals surface area contributed by atoms with Crippen LogP contribution in [0.3, 0.4) is 0 Å². The highest BCUT2D eigenvalue weighted by atomic mass is 79.9. The van der Waals surface area contributed by atoms with Gasteiger partial charge < -0.3 is 20.0 Å². The standard InChI is InChI=1S/C36H42BrN7O4/c1-41-19-26(17-27(20-41)39-30-18-38-42(2)35(48)32(30)37)23-3-5-25(6-4-23)34(47)44-16-14-36(22-44)13-15-43(21-36)28-9-7-24(8-10-28)29-11-12-31(45)40-33(29)46/h3-10,18,26-27,29,39H,11-17,19-22H2,1-2H3,(H,40,45,46)/t26-,27+,29?,36?/m1/s1. The number of nitrogens with zero attached hydrogens (tertiary/aromatic N) is 5. The number of aryl methyl sites for hydroxylation is 1. The third-order valence-corrected chi connectivity index (χ3v) is 11.5. The lowest BCUT2D eigenvalue weighted by Crippen LogP contribution is -2.43. The van der Waals surface area contributed by atoms with Gasteiger partial charge in [-0.25, -0.2) is 4.68 Å². The van der Waals surface area contributed by atoms with Crippen LogP contribution < -0.4 is 21.1 Å². The Kier molecular flexibility index (Phi) is 8.88. The van der Waals surface area contributed by atoms with Crippen LogP contribution in [0, 0.1) is 5.41 Å². The maximum atomic E-state index is 13.7. The number of halogens is 1. The lowest BCUT2D eigenvalue weighted by atomic mass is 9.86. The van der Waals surface area contributed by atoms with Crippen molar-refractivity contribution in [2.24, 2.45) is 12.5 Å². The van der Waals surface area contributed by atoms with Gasteiger partial charge in [0.1, 0.15) is 4.47 Å². The molecule has 4 atom stereocenters. The van der Waals surface area contributed by atoms with Gasteiger partial charge in [-0.2, -0.15) is 5.10 Å². The third-order valence-electron chi connectivity index (χ3n) is 10.8. The van der Waals surface area contributed by atoms with E-state index in [-0.39, 0.29) is 40.7 Å².